The third kappa shape index (κ3) is 6.22. The summed E-state index contributed by atoms with van der Waals surface area (Å²) < 4.78 is 34.4. The van der Waals surface area contributed by atoms with E-state index in [-0.39, 0.29) is 24.1 Å². The SMILES string of the molecule is C=C1OC2(CCN(CCC(C(=O)N(C)Cc3cccc(F)c3)c3ccc(Cl)c(Cl)c3)CC2)c2cc(F)ccc2N1C. The molecular weight excluding hydrogens is 567 g/mol. The van der Waals surface area contributed by atoms with Crippen LogP contribution in [0.1, 0.15) is 41.9 Å². The quantitative estimate of drug-likeness (QED) is 0.285. The van der Waals surface area contributed by atoms with E-state index in [1.165, 1.54) is 18.2 Å². The summed E-state index contributed by atoms with van der Waals surface area (Å²) in [5, 5.41) is 0.813. The molecule has 0 aliphatic carbocycles. The van der Waals surface area contributed by atoms with Gasteiger partial charge in [0.05, 0.1) is 21.7 Å². The zero-order valence-electron chi connectivity index (χ0n) is 23.2. The molecule has 3 aromatic carbocycles. The van der Waals surface area contributed by atoms with Crippen molar-refractivity contribution in [2.75, 3.05) is 38.6 Å². The molecule has 2 aliphatic heterocycles. The molecule has 5 rings (SSSR count). The van der Waals surface area contributed by atoms with E-state index in [2.05, 4.69) is 11.5 Å². The van der Waals surface area contributed by atoms with E-state index in [1.807, 2.05) is 18.0 Å². The minimum atomic E-state index is -0.637. The van der Waals surface area contributed by atoms with E-state index in [4.69, 9.17) is 27.9 Å². The number of nitrogens with zero attached hydrogens (tertiary/aromatic N) is 3. The monoisotopic (exact) mass is 599 g/mol. The van der Waals surface area contributed by atoms with Gasteiger partial charge in [0, 0.05) is 52.1 Å². The van der Waals surface area contributed by atoms with Crippen LogP contribution in [-0.2, 0) is 21.7 Å². The highest BCUT2D eigenvalue weighted by Gasteiger charge is 2.44. The molecule has 0 radical (unpaired) electrons. The second-order valence-electron chi connectivity index (χ2n) is 10.9. The molecule has 1 amide bonds. The number of ether oxygens (including phenoxy) is 1. The van der Waals surface area contributed by atoms with Crippen molar-refractivity contribution >= 4 is 34.8 Å². The number of carbonyl (C=O) groups excluding carboxylic acids is 1. The maximum absolute atomic E-state index is 14.3. The summed E-state index contributed by atoms with van der Waals surface area (Å²) in [5.41, 5.74) is 2.61. The Hall–Kier alpha value is -3.13. The van der Waals surface area contributed by atoms with Crippen molar-refractivity contribution in [2.45, 2.75) is 37.3 Å². The first kappa shape index (κ1) is 29.4. The third-order valence-electron chi connectivity index (χ3n) is 8.22. The molecule has 5 nitrogen and oxygen atoms in total. The van der Waals surface area contributed by atoms with Crippen LogP contribution >= 0.6 is 23.2 Å². The lowest BCUT2D eigenvalue weighted by Crippen LogP contribution is -2.48. The maximum atomic E-state index is 14.3. The predicted octanol–water partition coefficient (Wildman–Crippen LogP) is 7.33. The lowest BCUT2D eigenvalue weighted by Gasteiger charge is -2.48. The fourth-order valence-electron chi connectivity index (χ4n) is 5.88. The second kappa shape index (κ2) is 12.0. The van der Waals surface area contributed by atoms with Crippen molar-refractivity contribution in [1.29, 1.82) is 0 Å². The first-order valence-electron chi connectivity index (χ1n) is 13.6. The maximum Gasteiger partial charge on any atom is 0.230 e. The molecule has 0 N–H and O–H groups in total. The van der Waals surface area contributed by atoms with Gasteiger partial charge >= 0.3 is 0 Å². The minimum Gasteiger partial charge on any atom is -0.468 e. The molecule has 2 heterocycles. The van der Waals surface area contributed by atoms with Crippen LogP contribution in [0.3, 0.4) is 0 Å². The Bertz CT molecular complexity index is 1460. The first-order valence-corrected chi connectivity index (χ1v) is 14.4. The van der Waals surface area contributed by atoms with Crippen molar-refractivity contribution < 1.29 is 18.3 Å². The van der Waals surface area contributed by atoms with Gasteiger partial charge in [-0.3, -0.25) is 4.79 Å². The highest BCUT2D eigenvalue weighted by atomic mass is 35.5. The average Bonchev–Trinajstić information content (AvgIpc) is 2.94. The molecule has 1 unspecified atom stereocenters. The van der Waals surface area contributed by atoms with Crippen LogP contribution in [0.5, 0.6) is 0 Å². The number of rotatable bonds is 7. The Morgan fingerprint density at radius 3 is 2.49 bits per heavy atom. The van der Waals surface area contributed by atoms with Crippen molar-refractivity contribution in [3.8, 4) is 0 Å². The van der Waals surface area contributed by atoms with Crippen molar-refractivity contribution in [3.63, 3.8) is 0 Å². The number of likely N-dealkylation sites (tertiary alicyclic amines) is 1. The number of likely N-dealkylation sites (N-methyl/N-ethyl adjacent to an activating group) is 1. The smallest absolute Gasteiger partial charge is 0.230 e. The van der Waals surface area contributed by atoms with Crippen LogP contribution in [0.4, 0.5) is 14.5 Å². The number of piperidine rings is 1. The van der Waals surface area contributed by atoms with Crippen LogP contribution < -0.4 is 4.90 Å². The number of carbonyl (C=O) groups is 1. The first-order chi connectivity index (χ1) is 19.6. The molecule has 3 aromatic rings. The summed E-state index contributed by atoms with van der Waals surface area (Å²) >= 11 is 12.5. The van der Waals surface area contributed by atoms with Crippen molar-refractivity contribution in [2.24, 2.45) is 0 Å². The molecule has 0 aromatic heterocycles. The van der Waals surface area contributed by atoms with Crippen LogP contribution in [0, 0.1) is 11.6 Å². The van der Waals surface area contributed by atoms with Gasteiger partial charge in [-0.2, -0.15) is 0 Å². The summed E-state index contributed by atoms with van der Waals surface area (Å²) in [5.74, 6) is -0.631. The van der Waals surface area contributed by atoms with Gasteiger partial charge in [-0.1, -0.05) is 41.4 Å². The van der Waals surface area contributed by atoms with Gasteiger partial charge in [-0.25, -0.2) is 8.78 Å². The van der Waals surface area contributed by atoms with E-state index in [9.17, 15) is 13.6 Å². The fourth-order valence-corrected chi connectivity index (χ4v) is 6.19. The Morgan fingerprint density at radius 1 is 1.05 bits per heavy atom. The van der Waals surface area contributed by atoms with E-state index >= 15 is 0 Å². The van der Waals surface area contributed by atoms with Crippen LogP contribution in [0.25, 0.3) is 0 Å². The van der Waals surface area contributed by atoms with Gasteiger partial charge in [-0.15, -0.1) is 0 Å². The fraction of sp³-hybridized carbons (Fsp3) is 0.344. The molecule has 216 valence electrons. The average molecular weight is 601 g/mol. The van der Waals surface area contributed by atoms with Gasteiger partial charge in [0.1, 0.15) is 17.2 Å². The Balaban J connectivity index is 1.30. The normalized spacial score (nSPS) is 17.2. The molecule has 1 fully saturated rings. The zero-order chi connectivity index (χ0) is 29.3. The number of fused-ring (bicyclic) bond motifs is 2. The standard InChI is InChI=1S/C32H33Cl2F2N3O2/c1-21-38(3)30-10-8-25(36)19-27(30)32(41-21)12-15-39(16-13-32)14-11-26(23-7-9-28(33)29(34)18-23)31(40)37(2)20-22-5-4-6-24(35)17-22/h4-10,17-19,26H,1,11-16,20H2,2-3H3. The molecule has 9 heteroatoms. The van der Waals surface area contributed by atoms with E-state index < -0.39 is 11.5 Å². The molecule has 2 aliphatic rings. The summed E-state index contributed by atoms with van der Waals surface area (Å²) in [4.78, 5) is 19.5. The highest BCUT2D eigenvalue weighted by molar-refractivity contribution is 6.42. The summed E-state index contributed by atoms with van der Waals surface area (Å²) in [7, 11) is 3.59. The van der Waals surface area contributed by atoms with Gasteiger partial charge in [0.25, 0.3) is 0 Å². The van der Waals surface area contributed by atoms with E-state index in [0.29, 0.717) is 60.4 Å². The molecule has 1 saturated heterocycles. The molecule has 0 bridgehead atoms. The number of hydrogen-bond acceptors (Lipinski definition) is 4. The third-order valence-corrected chi connectivity index (χ3v) is 8.96. The summed E-state index contributed by atoms with van der Waals surface area (Å²) in [6.45, 7) is 6.46. The lowest BCUT2D eigenvalue weighted by molar-refractivity contribution is -0.132. The number of anilines is 1. The summed E-state index contributed by atoms with van der Waals surface area (Å²) in [6.07, 6.45) is 1.89. The molecular formula is C32H33Cl2F2N3O2. The van der Waals surface area contributed by atoms with Gasteiger partial charge in [0.15, 0.2) is 5.88 Å². The topological polar surface area (TPSA) is 36.0 Å². The van der Waals surface area contributed by atoms with E-state index in [0.717, 1.165) is 16.8 Å². The van der Waals surface area contributed by atoms with Gasteiger partial charge in [-0.05, 0) is 73.1 Å². The zero-order valence-corrected chi connectivity index (χ0v) is 24.7. The number of halogens is 4. The largest absolute Gasteiger partial charge is 0.468 e. The second-order valence-corrected chi connectivity index (χ2v) is 11.7. The van der Waals surface area contributed by atoms with Crippen LogP contribution in [0.15, 0.2) is 73.1 Å². The van der Waals surface area contributed by atoms with Crippen LogP contribution in [0.2, 0.25) is 10.0 Å². The number of hydrogen-bond donors (Lipinski definition) is 0. The highest BCUT2D eigenvalue weighted by Crippen LogP contribution is 2.47. The molecule has 1 spiro atoms. The Labute approximate surface area is 249 Å². The molecule has 1 atom stereocenters. The summed E-state index contributed by atoms with van der Waals surface area (Å²) in [6, 6.07) is 16.4. The number of benzene rings is 3. The van der Waals surface area contributed by atoms with Crippen LogP contribution in [-0.4, -0.2) is 49.4 Å². The number of amides is 1. The van der Waals surface area contributed by atoms with E-state index in [1.54, 1.807) is 48.3 Å². The Kier molecular flexibility index (Phi) is 8.60. The minimum absolute atomic E-state index is 0.0829. The molecule has 0 saturated carbocycles. The van der Waals surface area contributed by atoms with Gasteiger partial charge < -0.3 is 19.4 Å². The van der Waals surface area contributed by atoms with Crippen molar-refractivity contribution in [3.05, 3.63) is 111 Å². The molecule has 41 heavy (non-hydrogen) atoms. The lowest BCUT2D eigenvalue weighted by atomic mass is 9.81. The van der Waals surface area contributed by atoms with Crippen molar-refractivity contribution in [1.82, 2.24) is 9.80 Å². The Morgan fingerprint density at radius 2 is 1.78 bits per heavy atom. The predicted molar refractivity (Wildman–Crippen MR) is 159 cm³/mol. The van der Waals surface area contributed by atoms with Gasteiger partial charge in [0.2, 0.25) is 5.91 Å².